The van der Waals surface area contributed by atoms with Gasteiger partial charge in [-0.2, -0.15) is 13.2 Å². The molecule has 1 aliphatic carbocycles. The summed E-state index contributed by atoms with van der Waals surface area (Å²) in [5.74, 6) is 0.401. The third-order valence-corrected chi connectivity index (χ3v) is 3.48. The minimum Gasteiger partial charge on any atom is -0.326 e. The van der Waals surface area contributed by atoms with Crippen LogP contribution in [-0.2, 0) is 11.0 Å². The fourth-order valence-corrected chi connectivity index (χ4v) is 2.11. The number of amides is 1. The molecular weight excluding hydrogens is 255 g/mol. The summed E-state index contributed by atoms with van der Waals surface area (Å²) in [5, 5.41) is 2.52. The third-order valence-electron chi connectivity index (χ3n) is 3.48. The van der Waals surface area contributed by atoms with Crippen molar-refractivity contribution >= 4 is 11.6 Å². The van der Waals surface area contributed by atoms with Crippen LogP contribution in [0.25, 0.3) is 0 Å². The summed E-state index contributed by atoms with van der Waals surface area (Å²) in [4.78, 5) is 11.6. The van der Waals surface area contributed by atoms with Crippen LogP contribution in [0.1, 0.15) is 37.7 Å². The molecule has 0 atom stereocenters. The lowest BCUT2D eigenvalue weighted by Gasteiger charge is -2.24. The van der Waals surface area contributed by atoms with Gasteiger partial charge in [0.1, 0.15) is 0 Å². The molecule has 2 nitrogen and oxygen atoms in total. The van der Waals surface area contributed by atoms with Crippen LogP contribution < -0.4 is 5.32 Å². The van der Waals surface area contributed by atoms with Gasteiger partial charge in [0.05, 0.1) is 5.56 Å². The van der Waals surface area contributed by atoms with Gasteiger partial charge in [-0.15, -0.1) is 0 Å². The van der Waals surface area contributed by atoms with Gasteiger partial charge < -0.3 is 5.32 Å². The predicted molar refractivity (Wildman–Crippen MR) is 66.6 cm³/mol. The molecule has 1 saturated carbocycles. The Morgan fingerprint density at radius 1 is 1.32 bits per heavy atom. The number of hydrogen-bond acceptors (Lipinski definition) is 1. The quantitative estimate of drug-likeness (QED) is 0.872. The van der Waals surface area contributed by atoms with Crippen molar-refractivity contribution in [2.24, 2.45) is 5.92 Å². The van der Waals surface area contributed by atoms with Crippen LogP contribution in [0.4, 0.5) is 18.9 Å². The second-order valence-electron chi connectivity index (χ2n) is 4.96. The van der Waals surface area contributed by atoms with Crippen molar-refractivity contribution in [3.63, 3.8) is 0 Å². The summed E-state index contributed by atoms with van der Waals surface area (Å²) in [6.45, 7) is 0. The molecule has 0 saturated heterocycles. The van der Waals surface area contributed by atoms with Crippen molar-refractivity contribution < 1.29 is 18.0 Å². The number of anilines is 1. The van der Waals surface area contributed by atoms with Gasteiger partial charge in [0, 0.05) is 12.1 Å². The fourth-order valence-electron chi connectivity index (χ4n) is 2.11. The number of nitrogens with one attached hydrogen (secondary N) is 1. The first kappa shape index (κ1) is 13.9. The molecule has 1 fully saturated rings. The Labute approximate surface area is 110 Å². The Morgan fingerprint density at radius 3 is 2.63 bits per heavy atom. The minimum atomic E-state index is -4.38. The van der Waals surface area contributed by atoms with Crippen LogP contribution in [0.15, 0.2) is 24.3 Å². The lowest BCUT2D eigenvalue weighted by atomic mass is 9.82. The van der Waals surface area contributed by atoms with Gasteiger partial charge in [0.25, 0.3) is 0 Å². The van der Waals surface area contributed by atoms with Gasteiger partial charge in [0.2, 0.25) is 5.91 Å². The molecule has 2 rings (SSSR count). The first-order chi connectivity index (χ1) is 8.95. The molecule has 0 bridgehead atoms. The van der Waals surface area contributed by atoms with E-state index in [0.29, 0.717) is 12.3 Å². The van der Waals surface area contributed by atoms with Gasteiger partial charge in [-0.1, -0.05) is 25.3 Å². The molecule has 19 heavy (non-hydrogen) atoms. The van der Waals surface area contributed by atoms with Crippen molar-refractivity contribution in [3.8, 4) is 0 Å². The molecule has 0 aliphatic heterocycles. The molecule has 0 spiro atoms. The minimum absolute atomic E-state index is 0.202. The smallest absolute Gasteiger partial charge is 0.326 e. The number of rotatable bonds is 4. The van der Waals surface area contributed by atoms with Gasteiger partial charge in [0.15, 0.2) is 0 Å². The molecule has 1 aliphatic rings. The van der Waals surface area contributed by atoms with E-state index in [-0.39, 0.29) is 11.6 Å². The van der Waals surface area contributed by atoms with Crippen LogP contribution in [0, 0.1) is 5.92 Å². The Bertz CT molecular complexity index is 452. The van der Waals surface area contributed by atoms with Crippen LogP contribution >= 0.6 is 0 Å². The first-order valence-electron chi connectivity index (χ1n) is 6.42. The number of benzene rings is 1. The van der Waals surface area contributed by atoms with E-state index in [9.17, 15) is 18.0 Å². The van der Waals surface area contributed by atoms with Crippen molar-refractivity contribution in [1.82, 2.24) is 0 Å². The van der Waals surface area contributed by atoms with Crippen molar-refractivity contribution in [3.05, 3.63) is 29.8 Å². The Balaban J connectivity index is 1.89. The highest BCUT2D eigenvalue weighted by Crippen LogP contribution is 2.32. The van der Waals surface area contributed by atoms with Crippen LogP contribution in [0.2, 0.25) is 0 Å². The summed E-state index contributed by atoms with van der Waals surface area (Å²) in [6.07, 6.45) is 0.367. The highest BCUT2D eigenvalue weighted by atomic mass is 19.4. The number of hydrogen-bond donors (Lipinski definition) is 1. The molecule has 0 heterocycles. The second kappa shape index (κ2) is 5.63. The van der Waals surface area contributed by atoms with Gasteiger partial charge in [-0.05, 0) is 30.5 Å². The zero-order valence-corrected chi connectivity index (χ0v) is 10.5. The predicted octanol–water partition coefficient (Wildman–Crippen LogP) is 4.22. The maximum absolute atomic E-state index is 12.5. The maximum atomic E-state index is 12.5. The molecule has 0 radical (unpaired) electrons. The SMILES string of the molecule is O=C(CCC1CCC1)Nc1cccc(C(F)(F)F)c1. The van der Waals surface area contributed by atoms with Gasteiger partial charge in [-0.3, -0.25) is 4.79 Å². The van der Waals surface area contributed by atoms with E-state index >= 15 is 0 Å². The van der Waals surface area contributed by atoms with E-state index in [2.05, 4.69) is 5.32 Å². The van der Waals surface area contributed by atoms with E-state index in [4.69, 9.17) is 0 Å². The van der Waals surface area contributed by atoms with E-state index in [0.717, 1.165) is 31.4 Å². The Kier molecular flexibility index (Phi) is 4.12. The van der Waals surface area contributed by atoms with Crippen molar-refractivity contribution in [2.75, 3.05) is 5.32 Å². The molecule has 1 aromatic rings. The standard InChI is InChI=1S/C14H16F3NO/c15-14(16,17)11-5-2-6-12(9-11)18-13(19)8-7-10-3-1-4-10/h2,5-6,9-10H,1,3-4,7-8H2,(H,18,19). The molecular formula is C14H16F3NO. The molecule has 5 heteroatoms. The first-order valence-corrected chi connectivity index (χ1v) is 6.42. The highest BCUT2D eigenvalue weighted by molar-refractivity contribution is 5.90. The van der Waals surface area contributed by atoms with Gasteiger partial charge >= 0.3 is 6.18 Å². The normalized spacial score (nSPS) is 15.9. The molecule has 1 aromatic carbocycles. The second-order valence-corrected chi connectivity index (χ2v) is 4.96. The summed E-state index contributed by atoms with van der Waals surface area (Å²) < 4.78 is 37.5. The average molecular weight is 271 g/mol. The largest absolute Gasteiger partial charge is 0.416 e. The van der Waals surface area contributed by atoms with E-state index in [1.807, 2.05) is 0 Å². The number of carbonyl (C=O) groups excluding carboxylic acids is 1. The molecule has 104 valence electrons. The van der Waals surface area contributed by atoms with Crippen LogP contribution in [-0.4, -0.2) is 5.91 Å². The monoisotopic (exact) mass is 271 g/mol. The summed E-state index contributed by atoms with van der Waals surface area (Å²) in [7, 11) is 0. The maximum Gasteiger partial charge on any atom is 0.416 e. The Hall–Kier alpha value is -1.52. The lowest BCUT2D eigenvalue weighted by molar-refractivity contribution is -0.137. The van der Waals surface area contributed by atoms with Crippen LogP contribution in [0.5, 0.6) is 0 Å². The average Bonchev–Trinajstić information content (AvgIpc) is 2.26. The van der Waals surface area contributed by atoms with Crippen molar-refractivity contribution in [2.45, 2.75) is 38.3 Å². The zero-order valence-electron chi connectivity index (χ0n) is 10.5. The summed E-state index contributed by atoms with van der Waals surface area (Å²) in [6, 6.07) is 4.71. The third kappa shape index (κ3) is 3.98. The topological polar surface area (TPSA) is 29.1 Å². The summed E-state index contributed by atoms with van der Waals surface area (Å²) >= 11 is 0. The lowest BCUT2D eigenvalue weighted by Crippen LogP contribution is -2.17. The fraction of sp³-hybridized carbons (Fsp3) is 0.500. The van der Waals surface area contributed by atoms with Crippen LogP contribution in [0.3, 0.4) is 0 Å². The Morgan fingerprint density at radius 2 is 2.05 bits per heavy atom. The van der Waals surface area contributed by atoms with Gasteiger partial charge in [-0.25, -0.2) is 0 Å². The molecule has 0 aromatic heterocycles. The van der Waals surface area contributed by atoms with Crippen molar-refractivity contribution in [1.29, 1.82) is 0 Å². The number of alkyl halides is 3. The zero-order chi connectivity index (χ0) is 13.9. The van der Waals surface area contributed by atoms with E-state index < -0.39 is 11.7 Å². The highest BCUT2D eigenvalue weighted by Gasteiger charge is 2.30. The summed E-state index contributed by atoms with van der Waals surface area (Å²) in [5.41, 5.74) is -0.544. The molecule has 1 N–H and O–H groups in total. The number of halogens is 3. The molecule has 0 unspecified atom stereocenters. The van der Waals surface area contributed by atoms with E-state index in [1.54, 1.807) is 0 Å². The number of carbonyl (C=O) groups is 1. The molecule has 1 amide bonds. The van der Waals surface area contributed by atoms with E-state index in [1.165, 1.54) is 18.6 Å².